The summed E-state index contributed by atoms with van der Waals surface area (Å²) in [5.74, 6) is -0.0236. The number of allylic oxidation sites excluding steroid dienone is 1. The highest BCUT2D eigenvalue weighted by atomic mass is 16.5. The molecular formula is C14H16O5. The van der Waals surface area contributed by atoms with Crippen molar-refractivity contribution in [2.24, 2.45) is 0 Å². The standard InChI is InChI=1S/C14H16O5/c1-18-12-7-4-10(9-13(12)19-2)3-5-11(15)6-8-14(16)17/h3-5,7,9H,6,8H2,1-2H3,(H,16,17)/b5-3+. The number of hydrogen-bond acceptors (Lipinski definition) is 4. The highest BCUT2D eigenvalue weighted by molar-refractivity contribution is 5.95. The molecule has 0 aliphatic carbocycles. The summed E-state index contributed by atoms with van der Waals surface area (Å²) in [6, 6.07) is 5.25. The Morgan fingerprint density at radius 3 is 2.42 bits per heavy atom. The van der Waals surface area contributed by atoms with Gasteiger partial charge in [0.1, 0.15) is 0 Å². The monoisotopic (exact) mass is 264 g/mol. The van der Waals surface area contributed by atoms with Crippen molar-refractivity contribution in [1.82, 2.24) is 0 Å². The van der Waals surface area contributed by atoms with E-state index in [9.17, 15) is 9.59 Å². The molecule has 1 rings (SSSR count). The van der Waals surface area contributed by atoms with Crippen molar-refractivity contribution in [2.75, 3.05) is 14.2 Å². The second-order valence-electron chi connectivity index (χ2n) is 3.81. The van der Waals surface area contributed by atoms with E-state index in [2.05, 4.69) is 0 Å². The molecule has 0 aromatic heterocycles. The van der Waals surface area contributed by atoms with E-state index in [0.29, 0.717) is 11.5 Å². The van der Waals surface area contributed by atoms with Crippen molar-refractivity contribution < 1.29 is 24.2 Å². The number of aliphatic carboxylic acids is 1. The molecule has 0 radical (unpaired) electrons. The van der Waals surface area contributed by atoms with Crippen LogP contribution < -0.4 is 9.47 Å². The zero-order chi connectivity index (χ0) is 14.3. The summed E-state index contributed by atoms with van der Waals surface area (Å²) >= 11 is 0. The van der Waals surface area contributed by atoms with Crippen LogP contribution in [0.2, 0.25) is 0 Å². The smallest absolute Gasteiger partial charge is 0.303 e. The number of carboxylic acid groups (broad SMARTS) is 1. The fraction of sp³-hybridized carbons (Fsp3) is 0.286. The molecule has 1 N–H and O–H groups in total. The lowest BCUT2D eigenvalue weighted by Crippen LogP contribution is -2.00. The SMILES string of the molecule is COc1ccc(/C=C/C(=O)CCC(=O)O)cc1OC. The molecule has 0 unspecified atom stereocenters. The normalized spacial score (nSPS) is 10.4. The molecule has 0 spiro atoms. The van der Waals surface area contributed by atoms with Gasteiger partial charge in [-0.2, -0.15) is 0 Å². The van der Waals surface area contributed by atoms with Gasteiger partial charge in [-0.15, -0.1) is 0 Å². The third kappa shape index (κ3) is 4.83. The van der Waals surface area contributed by atoms with Gasteiger partial charge in [-0.1, -0.05) is 12.1 Å². The molecule has 0 bridgehead atoms. The fourth-order valence-corrected chi connectivity index (χ4v) is 1.46. The lowest BCUT2D eigenvalue weighted by Gasteiger charge is -2.07. The molecule has 0 fully saturated rings. The van der Waals surface area contributed by atoms with Crippen molar-refractivity contribution >= 4 is 17.8 Å². The number of methoxy groups -OCH3 is 2. The van der Waals surface area contributed by atoms with Crippen LogP contribution in [0.25, 0.3) is 6.08 Å². The van der Waals surface area contributed by atoms with Crippen LogP contribution in [0, 0.1) is 0 Å². The van der Waals surface area contributed by atoms with Crippen LogP contribution in [0.5, 0.6) is 11.5 Å². The summed E-state index contributed by atoms with van der Waals surface area (Å²) in [7, 11) is 3.08. The van der Waals surface area contributed by atoms with E-state index >= 15 is 0 Å². The summed E-state index contributed by atoms with van der Waals surface area (Å²) in [5.41, 5.74) is 0.779. The molecule has 1 aromatic carbocycles. The highest BCUT2D eigenvalue weighted by Crippen LogP contribution is 2.27. The molecule has 0 atom stereocenters. The van der Waals surface area contributed by atoms with Crippen molar-refractivity contribution in [3.05, 3.63) is 29.8 Å². The van der Waals surface area contributed by atoms with Crippen molar-refractivity contribution in [2.45, 2.75) is 12.8 Å². The topological polar surface area (TPSA) is 72.8 Å². The van der Waals surface area contributed by atoms with Crippen LogP contribution in [-0.4, -0.2) is 31.1 Å². The van der Waals surface area contributed by atoms with E-state index < -0.39 is 5.97 Å². The number of hydrogen-bond donors (Lipinski definition) is 1. The lowest BCUT2D eigenvalue weighted by atomic mass is 10.1. The maximum absolute atomic E-state index is 11.4. The molecule has 1 aromatic rings. The molecule has 0 saturated heterocycles. The first-order valence-corrected chi connectivity index (χ1v) is 5.71. The first kappa shape index (κ1) is 14.8. The van der Waals surface area contributed by atoms with E-state index in [1.165, 1.54) is 13.2 Å². The Bertz CT molecular complexity index is 491. The van der Waals surface area contributed by atoms with Gasteiger partial charge in [0.25, 0.3) is 0 Å². The van der Waals surface area contributed by atoms with Gasteiger partial charge in [0.15, 0.2) is 17.3 Å². The van der Waals surface area contributed by atoms with Crippen LogP contribution in [0.15, 0.2) is 24.3 Å². The Hall–Kier alpha value is -2.30. The molecule has 0 saturated carbocycles. The van der Waals surface area contributed by atoms with E-state index in [-0.39, 0.29) is 18.6 Å². The Morgan fingerprint density at radius 1 is 1.16 bits per heavy atom. The van der Waals surface area contributed by atoms with Crippen LogP contribution in [0.4, 0.5) is 0 Å². The Morgan fingerprint density at radius 2 is 1.84 bits per heavy atom. The molecule has 0 aliphatic heterocycles. The molecular weight excluding hydrogens is 248 g/mol. The summed E-state index contributed by atoms with van der Waals surface area (Å²) in [6.45, 7) is 0. The molecule has 0 aliphatic rings. The number of carboxylic acids is 1. The van der Waals surface area contributed by atoms with Crippen molar-refractivity contribution in [1.29, 1.82) is 0 Å². The average molecular weight is 264 g/mol. The van der Waals surface area contributed by atoms with Gasteiger partial charge < -0.3 is 14.6 Å². The molecule has 0 amide bonds. The van der Waals surface area contributed by atoms with Gasteiger partial charge in [0, 0.05) is 6.42 Å². The summed E-state index contributed by atoms with van der Waals surface area (Å²) in [5, 5.41) is 8.47. The summed E-state index contributed by atoms with van der Waals surface area (Å²) < 4.78 is 10.2. The number of carbonyl (C=O) groups is 2. The number of rotatable bonds is 7. The van der Waals surface area contributed by atoms with E-state index in [4.69, 9.17) is 14.6 Å². The van der Waals surface area contributed by atoms with Crippen LogP contribution >= 0.6 is 0 Å². The third-order valence-corrected chi connectivity index (χ3v) is 2.45. The predicted octanol–water partition coefficient (Wildman–Crippen LogP) is 2.15. The van der Waals surface area contributed by atoms with Crippen LogP contribution in [-0.2, 0) is 9.59 Å². The first-order valence-electron chi connectivity index (χ1n) is 5.71. The number of ether oxygens (including phenoxy) is 2. The van der Waals surface area contributed by atoms with E-state index in [1.54, 1.807) is 31.4 Å². The fourth-order valence-electron chi connectivity index (χ4n) is 1.46. The summed E-state index contributed by atoms with van der Waals surface area (Å²) in [4.78, 5) is 21.7. The molecule has 5 nitrogen and oxygen atoms in total. The van der Waals surface area contributed by atoms with E-state index in [0.717, 1.165) is 5.56 Å². The predicted molar refractivity (Wildman–Crippen MR) is 70.5 cm³/mol. The molecule has 0 heterocycles. The van der Waals surface area contributed by atoms with Gasteiger partial charge >= 0.3 is 5.97 Å². The minimum atomic E-state index is -0.979. The quantitative estimate of drug-likeness (QED) is 0.764. The number of ketones is 1. The average Bonchev–Trinajstić information content (AvgIpc) is 2.42. The highest BCUT2D eigenvalue weighted by Gasteiger charge is 2.04. The number of carbonyl (C=O) groups excluding carboxylic acids is 1. The van der Waals surface area contributed by atoms with Crippen molar-refractivity contribution in [3.63, 3.8) is 0 Å². The maximum atomic E-state index is 11.4. The van der Waals surface area contributed by atoms with Crippen molar-refractivity contribution in [3.8, 4) is 11.5 Å². The third-order valence-electron chi connectivity index (χ3n) is 2.45. The minimum absolute atomic E-state index is 0.000870. The van der Waals surface area contributed by atoms with Gasteiger partial charge in [-0.05, 0) is 23.8 Å². The zero-order valence-electron chi connectivity index (χ0n) is 10.9. The number of benzene rings is 1. The van der Waals surface area contributed by atoms with Crippen LogP contribution in [0.1, 0.15) is 18.4 Å². The zero-order valence-corrected chi connectivity index (χ0v) is 10.9. The largest absolute Gasteiger partial charge is 0.493 e. The molecule has 102 valence electrons. The molecule has 5 heteroatoms. The van der Waals surface area contributed by atoms with Gasteiger partial charge in [-0.3, -0.25) is 9.59 Å². The van der Waals surface area contributed by atoms with Gasteiger partial charge in [0.2, 0.25) is 0 Å². The second kappa shape index (κ2) is 7.20. The lowest BCUT2D eigenvalue weighted by molar-refractivity contribution is -0.138. The Labute approximate surface area is 111 Å². The second-order valence-corrected chi connectivity index (χ2v) is 3.81. The van der Waals surface area contributed by atoms with Gasteiger partial charge in [-0.25, -0.2) is 0 Å². The van der Waals surface area contributed by atoms with Crippen LogP contribution in [0.3, 0.4) is 0 Å². The Balaban J connectivity index is 2.71. The first-order chi connectivity index (χ1) is 9.06. The Kier molecular flexibility index (Phi) is 5.60. The minimum Gasteiger partial charge on any atom is -0.493 e. The maximum Gasteiger partial charge on any atom is 0.303 e. The van der Waals surface area contributed by atoms with Gasteiger partial charge in [0.05, 0.1) is 20.6 Å². The molecule has 19 heavy (non-hydrogen) atoms. The summed E-state index contributed by atoms with van der Waals surface area (Å²) in [6.07, 6.45) is 2.82. The van der Waals surface area contributed by atoms with E-state index in [1.807, 2.05) is 0 Å².